The molecule has 2 aromatic carbocycles. The number of ketones is 1. The van der Waals surface area contributed by atoms with E-state index in [0.29, 0.717) is 5.56 Å². The molecule has 0 spiro atoms. The number of benzene rings is 2. The maximum absolute atomic E-state index is 14.1. The van der Waals surface area contributed by atoms with Crippen molar-refractivity contribution >= 4 is 11.7 Å². The summed E-state index contributed by atoms with van der Waals surface area (Å²) in [5.74, 6) is -1.36. The SMILES string of the molecule is CC(C)(C)C(=O)N[C@](C)(C(=O)c1ccccc1F)c1ccccc1. The average molecular weight is 327 g/mol. The zero-order chi connectivity index (χ0) is 18.0. The number of hydrogen-bond donors (Lipinski definition) is 1. The van der Waals surface area contributed by atoms with Crippen molar-refractivity contribution in [1.82, 2.24) is 5.32 Å². The number of nitrogens with one attached hydrogen (secondary N) is 1. The van der Waals surface area contributed by atoms with E-state index in [1.54, 1.807) is 58.0 Å². The summed E-state index contributed by atoms with van der Waals surface area (Å²) in [4.78, 5) is 25.6. The highest BCUT2D eigenvalue weighted by atomic mass is 19.1. The van der Waals surface area contributed by atoms with E-state index in [1.165, 1.54) is 18.2 Å². The van der Waals surface area contributed by atoms with Crippen LogP contribution in [0.3, 0.4) is 0 Å². The van der Waals surface area contributed by atoms with Gasteiger partial charge in [-0.2, -0.15) is 0 Å². The number of Topliss-reactive ketones (excluding diaryl/α,β-unsaturated/α-hetero) is 1. The first-order valence-electron chi connectivity index (χ1n) is 7.84. The van der Waals surface area contributed by atoms with Crippen LogP contribution in [-0.2, 0) is 10.3 Å². The third-order valence-corrected chi connectivity index (χ3v) is 3.97. The van der Waals surface area contributed by atoms with Crippen LogP contribution in [0.2, 0.25) is 0 Å². The first-order valence-corrected chi connectivity index (χ1v) is 7.84. The Labute approximate surface area is 141 Å². The van der Waals surface area contributed by atoms with Gasteiger partial charge in [-0.25, -0.2) is 4.39 Å². The molecule has 1 N–H and O–H groups in total. The van der Waals surface area contributed by atoms with Crippen molar-refractivity contribution < 1.29 is 14.0 Å². The fraction of sp³-hybridized carbons (Fsp3) is 0.300. The Balaban J connectivity index is 2.53. The lowest BCUT2D eigenvalue weighted by atomic mass is 9.82. The first-order chi connectivity index (χ1) is 11.2. The van der Waals surface area contributed by atoms with Crippen molar-refractivity contribution in [2.75, 3.05) is 0 Å². The van der Waals surface area contributed by atoms with Crippen LogP contribution in [0.4, 0.5) is 4.39 Å². The molecule has 24 heavy (non-hydrogen) atoms. The molecule has 3 nitrogen and oxygen atoms in total. The minimum atomic E-state index is -1.35. The maximum atomic E-state index is 14.1. The van der Waals surface area contributed by atoms with Gasteiger partial charge in [-0.15, -0.1) is 0 Å². The van der Waals surface area contributed by atoms with E-state index < -0.39 is 22.6 Å². The molecule has 0 aliphatic heterocycles. The molecule has 0 aliphatic rings. The molecule has 1 atom stereocenters. The smallest absolute Gasteiger partial charge is 0.226 e. The summed E-state index contributed by atoms with van der Waals surface area (Å²) in [5.41, 5.74) is -1.46. The maximum Gasteiger partial charge on any atom is 0.226 e. The zero-order valence-electron chi connectivity index (χ0n) is 14.4. The van der Waals surface area contributed by atoms with Crippen LogP contribution in [0.15, 0.2) is 54.6 Å². The average Bonchev–Trinajstić information content (AvgIpc) is 2.54. The van der Waals surface area contributed by atoms with Gasteiger partial charge in [-0.05, 0) is 24.6 Å². The molecule has 0 unspecified atom stereocenters. The lowest BCUT2D eigenvalue weighted by Gasteiger charge is -2.33. The summed E-state index contributed by atoms with van der Waals surface area (Å²) in [6, 6.07) is 14.7. The fourth-order valence-corrected chi connectivity index (χ4v) is 2.36. The zero-order valence-corrected chi connectivity index (χ0v) is 14.4. The molecule has 126 valence electrons. The summed E-state index contributed by atoms with van der Waals surface area (Å²) in [6.07, 6.45) is 0. The van der Waals surface area contributed by atoms with E-state index in [0.717, 1.165) is 0 Å². The molecule has 1 amide bonds. The van der Waals surface area contributed by atoms with Crippen molar-refractivity contribution in [2.24, 2.45) is 5.41 Å². The largest absolute Gasteiger partial charge is 0.339 e. The highest BCUT2D eigenvalue weighted by molar-refractivity contribution is 6.05. The third-order valence-electron chi connectivity index (χ3n) is 3.97. The van der Waals surface area contributed by atoms with Gasteiger partial charge in [0.25, 0.3) is 0 Å². The lowest BCUT2D eigenvalue weighted by molar-refractivity contribution is -0.130. The Bertz CT molecular complexity index is 750. The van der Waals surface area contributed by atoms with Gasteiger partial charge < -0.3 is 5.32 Å². The molecule has 4 heteroatoms. The molecule has 0 bridgehead atoms. The van der Waals surface area contributed by atoms with E-state index in [1.807, 2.05) is 6.07 Å². The minimum Gasteiger partial charge on any atom is -0.339 e. The second-order valence-electron chi connectivity index (χ2n) is 7.00. The molecular formula is C20H22FNO2. The second-order valence-corrected chi connectivity index (χ2v) is 7.00. The van der Waals surface area contributed by atoms with E-state index in [-0.39, 0.29) is 11.5 Å². The van der Waals surface area contributed by atoms with Gasteiger partial charge in [-0.1, -0.05) is 63.2 Å². The van der Waals surface area contributed by atoms with Gasteiger partial charge >= 0.3 is 0 Å². The molecule has 0 saturated heterocycles. The number of carbonyl (C=O) groups is 2. The van der Waals surface area contributed by atoms with Gasteiger partial charge in [0, 0.05) is 5.41 Å². The van der Waals surface area contributed by atoms with Crippen molar-refractivity contribution in [3.05, 3.63) is 71.5 Å². The molecule has 0 saturated carbocycles. The summed E-state index contributed by atoms with van der Waals surface area (Å²) >= 11 is 0. The number of halogens is 1. The molecule has 2 aromatic rings. The number of hydrogen-bond acceptors (Lipinski definition) is 2. The monoisotopic (exact) mass is 327 g/mol. The molecule has 0 heterocycles. The molecular weight excluding hydrogens is 305 g/mol. The van der Waals surface area contributed by atoms with Gasteiger partial charge in [0.1, 0.15) is 11.4 Å². The Morgan fingerprint density at radius 1 is 0.875 bits per heavy atom. The van der Waals surface area contributed by atoms with Crippen LogP contribution >= 0.6 is 0 Å². The first kappa shape index (κ1) is 17.9. The molecule has 0 aliphatic carbocycles. The van der Waals surface area contributed by atoms with Crippen LogP contribution < -0.4 is 5.32 Å². The van der Waals surface area contributed by atoms with Crippen molar-refractivity contribution in [3.63, 3.8) is 0 Å². The van der Waals surface area contributed by atoms with Crippen LogP contribution in [0.25, 0.3) is 0 Å². The predicted molar refractivity (Wildman–Crippen MR) is 92.1 cm³/mol. The number of amides is 1. The number of carbonyl (C=O) groups excluding carboxylic acids is 2. The quantitative estimate of drug-likeness (QED) is 0.860. The molecule has 0 radical (unpaired) electrons. The Morgan fingerprint density at radius 3 is 1.96 bits per heavy atom. The van der Waals surface area contributed by atoms with Gasteiger partial charge in [-0.3, -0.25) is 9.59 Å². The van der Waals surface area contributed by atoms with E-state index in [4.69, 9.17) is 0 Å². The van der Waals surface area contributed by atoms with E-state index in [2.05, 4.69) is 5.32 Å². The van der Waals surface area contributed by atoms with Gasteiger partial charge in [0.15, 0.2) is 5.78 Å². The Morgan fingerprint density at radius 2 is 1.42 bits per heavy atom. The Hall–Kier alpha value is -2.49. The fourth-order valence-electron chi connectivity index (χ4n) is 2.36. The highest BCUT2D eigenvalue weighted by Gasteiger charge is 2.40. The van der Waals surface area contributed by atoms with E-state index in [9.17, 15) is 14.0 Å². The van der Waals surface area contributed by atoms with Crippen LogP contribution in [0.5, 0.6) is 0 Å². The van der Waals surface area contributed by atoms with Gasteiger partial charge in [0.05, 0.1) is 5.56 Å². The van der Waals surface area contributed by atoms with Crippen LogP contribution in [-0.4, -0.2) is 11.7 Å². The summed E-state index contributed by atoms with van der Waals surface area (Å²) < 4.78 is 14.1. The van der Waals surface area contributed by atoms with E-state index >= 15 is 0 Å². The van der Waals surface area contributed by atoms with Crippen LogP contribution in [0, 0.1) is 11.2 Å². The highest BCUT2D eigenvalue weighted by Crippen LogP contribution is 2.28. The van der Waals surface area contributed by atoms with Crippen molar-refractivity contribution in [3.8, 4) is 0 Å². The summed E-state index contributed by atoms with van der Waals surface area (Å²) in [5, 5.41) is 2.82. The van der Waals surface area contributed by atoms with Crippen molar-refractivity contribution in [2.45, 2.75) is 33.2 Å². The second kappa shape index (κ2) is 6.56. The Kier molecular flexibility index (Phi) is 4.88. The molecule has 2 rings (SSSR count). The predicted octanol–water partition coefficient (Wildman–Crippen LogP) is 4.09. The van der Waals surface area contributed by atoms with Crippen molar-refractivity contribution in [1.29, 1.82) is 0 Å². The lowest BCUT2D eigenvalue weighted by Crippen LogP contribution is -2.53. The number of rotatable bonds is 4. The van der Waals surface area contributed by atoms with Crippen LogP contribution in [0.1, 0.15) is 43.6 Å². The molecule has 0 aromatic heterocycles. The summed E-state index contributed by atoms with van der Waals surface area (Å²) in [6.45, 7) is 6.91. The third kappa shape index (κ3) is 3.53. The summed E-state index contributed by atoms with van der Waals surface area (Å²) in [7, 11) is 0. The minimum absolute atomic E-state index is 0.0435. The normalized spacial score (nSPS) is 13.9. The topological polar surface area (TPSA) is 46.2 Å². The molecule has 0 fully saturated rings. The standard InChI is InChI=1S/C20H22FNO2/c1-19(2,3)18(24)22-20(4,14-10-6-5-7-11-14)17(23)15-12-8-9-13-16(15)21/h5-13H,1-4H3,(H,22,24)/t20-/m0/s1. The van der Waals surface area contributed by atoms with Gasteiger partial charge in [0.2, 0.25) is 5.91 Å².